The number of rotatable bonds is 8. The van der Waals surface area contributed by atoms with E-state index in [0.29, 0.717) is 25.9 Å². The van der Waals surface area contributed by atoms with Crippen molar-refractivity contribution >= 4 is 5.97 Å². The van der Waals surface area contributed by atoms with Gasteiger partial charge in [-0.3, -0.25) is 4.79 Å². The van der Waals surface area contributed by atoms with Crippen LogP contribution >= 0.6 is 0 Å². The molecule has 0 aromatic rings. The molecule has 0 bridgehead atoms. The Morgan fingerprint density at radius 1 is 0.836 bits per heavy atom. The summed E-state index contributed by atoms with van der Waals surface area (Å²) in [6.07, 6.45) is 3.21. The van der Waals surface area contributed by atoms with Crippen molar-refractivity contribution in [2.45, 2.75) is 184 Å². The number of aliphatic hydroxyl groups is 2. The Morgan fingerprint density at radius 2 is 1.51 bits per heavy atom. The van der Waals surface area contributed by atoms with Gasteiger partial charge >= 0.3 is 5.97 Å². The summed E-state index contributed by atoms with van der Waals surface area (Å²) in [4.78, 5) is 13.7. The molecule has 0 amide bonds. The first kappa shape index (κ1) is 40.1. The van der Waals surface area contributed by atoms with E-state index in [1.807, 2.05) is 27.0 Å². The molecule has 0 radical (unpaired) electrons. The maximum absolute atomic E-state index is 13.7. The van der Waals surface area contributed by atoms with Crippen LogP contribution in [0.15, 0.2) is 23.5 Å². The topological polar surface area (TPSA) is 159 Å². The van der Waals surface area contributed by atoms with E-state index in [0.717, 1.165) is 32.1 Å². The van der Waals surface area contributed by atoms with Crippen molar-refractivity contribution in [3.8, 4) is 0 Å². The van der Waals surface area contributed by atoms with E-state index in [1.54, 1.807) is 21.1 Å². The van der Waals surface area contributed by atoms with Crippen LogP contribution in [0.2, 0.25) is 0 Å². The third-order valence-corrected chi connectivity index (χ3v) is 14.2. The van der Waals surface area contributed by atoms with Crippen LogP contribution in [0.5, 0.6) is 0 Å². The van der Waals surface area contributed by atoms with E-state index in [-0.39, 0.29) is 60.0 Å². The van der Waals surface area contributed by atoms with Crippen molar-refractivity contribution in [1.82, 2.24) is 0 Å². The molecule has 0 aromatic carbocycles. The summed E-state index contributed by atoms with van der Waals surface area (Å²) in [6.45, 7) is 10.2. The number of fused-ring (bicyclic) bond motifs is 3. The maximum Gasteiger partial charge on any atom is 0.309 e. The second kappa shape index (κ2) is 15.8. The molecule has 8 rings (SSSR count). The highest BCUT2D eigenvalue weighted by Gasteiger charge is 2.58. The van der Waals surface area contributed by atoms with Gasteiger partial charge < -0.3 is 62.3 Å². The third kappa shape index (κ3) is 7.56. The molecule has 14 heteroatoms. The smallest absolute Gasteiger partial charge is 0.309 e. The Hall–Kier alpha value is -1.69. The minimum atomic E-state index is -0.866. The van der Waals surface area contributed by atoms with Crippen LogP contribution in [0.3, 0.4) is 0 Å². The second-order valence-corrected chi connectivity index (χ2v) is 17.6. The Labute approximate surface area is 324 Å². The number of allylic oxidation sites excluding steroid dienone is 1. The normalized spacial score (nSPS) is 51.2. The fourth-order valence-electron chi connectivity index (χ4n) is 11.0. The summed E-state index contributed by atoms with van der Waals surface area (Å²) in [5.41, 5.74) is 2.42. The lowest BCUT2D eigenvalue weighted by molar-refractivity contribution is -0.337. The molecule has 2 N–H and O–H groups in total. The van der Waals surface area contributed by atoms with Gasteiger partial charge in [0.25, 0.3) is 0 Å². The molecule has 55 heavy (non-hydrogen) atoms. The molecule has 2 aliphatic carbocycles. The third-order valence-electron chi connectivity index (χ3n) is 14.2. The Bertz CT molecular complexity index is 1440. The van der Waals surface area contributed by atoms with Crippen LogP contribution in [0, 0.1) is 23.2 Å². The molecule has 19 unspecified atom stereocenters. The van der Waals surface area contributed by atoms with Gasteiger partial charge in [0, 0.05) is 40.4 Å². The highest BCUT2D eigenvalue weighted by Crippen LogP contribution is 2.57. The first-order valence-electron chi connectivity index (χ1n) is 20.5. The zero-order chi connectivity index (χ0) is 38.8. The molecule has 8 aliphatic rings. The van der Waals surface area contributed by atoms with E-state index >= 15 is 0 Å². The number of hydrogen-bond acceptors (Lipinski definition) is 14. The largest absolute Gasteiger partial charge is 0.469 e. The molecule has 0 aromatic heterocycles. The second-order valence-electron chi connectivity index (χ2n) is 17.6. The molecule has 5 saturated heterocycles. The summed E-state index contributed by atoms with van der Waals surface area (Å²) in [7, 11) is 3.22. The molecule has 19 atom stereocenters. The van der Waals surface area contributed by atoms with Gasteiger partial charge in [-0.2, -0.15) is 0 Å². The van der Waals surface area contributed by atoms with Crippen molar-refractivity contribution in [1.29, 1.82) is 0 Å². The Morgan fingerprint density at radius 3 is 2.25 bits per heavy atom. The lowest BCUT2D eigenvalue weighted by atomic mass is 9.55. The van der Waals surface area contributed by atoms with Gasteiger partial charge in [0.05, 0.1) is 67.4 Å². The highest BCUT2D eigenvalue weighted by atomic mass is 16.7. The number of carbonyl (C=O) groups is 1. The summed E-state index contributed by atoms with van der Waals surface area (Å²) >= 11 is 0. The number of methoxy groups -OCH3 is 2. The van der Waals surface area contributed by atoms with E-state index in [4.69, 9.17) is 52.1 Å². The number of aliphatic hydroxyl groups excluding tert-OH is 2. The first-order valence-corrected chi connectivity index (χ1v) is 20.5. The molecule has 14 nitrogen and oxygen atoms in total. The predicted octanol–water partition coefficient (Wildman–Crippen LogP) is 4.03. The van der Waals surface area contributed by atoms with Gasteiger partial charge in [0.15, 0.2) is 18.9 Å². The van der Waals surface area contributed by atoms with Crippen molar-refractivity contribution in [3.05, 3.63) is 23.5 Å². The molecule has 6 aliphatic heterocycles. The number of carbonyl (C=O) groups excluding carboxylic acids is 1. The molecular formula is C41H62O14. The minimum Gasteiger partial charge on any atom is -0.469 e. The number of esters is 1. The van der Waals surface area contributed by atoms with Crippen molar-refractivity contribution in [2.24, 2.45) is 23.2 Å². The van der Waals surface area contributed by atoms with Crippen LogP contribution in [0.1, 0.15) is 92.4 Å². The molecule has 6 fully saturated rings. The van der Waals surface area contributed by atoms with Gasteiger partial charge in [0.1, 0.15) is 24.4 Å². The van der Waals surface area contributed by atoms with E-state index < -0.39 is 67.4 Å². The van der Waals surface area contributed by atoms with Gasteiger partial charge in [-0.1, -0.05) is 18.6 Å². The van der Waals surface area contributed by atoms with E-state index in [9.17, 15) is 15.0 Å². The summed E-state index contributed by atoms with van der Waals surface area (Å²) in [5.74, 6) is -0.920. The van der Waals surface area contributed by atoms with Gasteiger partial charge in [-0.25, -0.2) is 0 Å². The van der Waals surface area contributed by atoms with Crippen LogP contribution < -0.4 is 0 Å². The lowest BCUT2D eigenvalue weighted by Crippen LogP contribution is -2.56. The Kier molecular flexibility index (Phi) is 11.5. The first-order chi connectivity index (χ1) is 26.3. The van der Waals surface area contributed by atoms with Crippen LogP contribution in [-0.4, -0.2) is 129 Å². The van der Waals surface area contributed by atoms with Crippen LogP contribution in [0.25, 0.3) is 0 Å². The zero-order valence-corrected chi connectivity index (χ0v) is 33.3. The Balaban J connectivity index is 0.851. The summed E-state index contributed by atoms with van der Waals surface area (Å²) < 4.78 is 67.3. The van der Waals surface area contributed by atoms with E-state index in [2.05, 4.69) is 13.0 Å². The number of ether oxygens (including phenoxy) is 11. The van der Waals surface area contributed by atoms with E-state index in [1.165, 1.54) is 11.1 Å². The van der Waals surface area contributed by atoms with Crippen LogP contribution in [-0.2, 0) is 56.9 Å². The maximum atomic E-state index is 13.7. The number of hydrogen-bond donors (Lipinski definition) is 2. The van der Waals surface area contributed by atoms with Crippen molar-refractivity contribution in [2.75, 3.05) is 20.8 Å². The average molecular weight is 779 g/mol. The minimum absolute atomic E-state index is 0.0253. The van der Waals surface area contributed by atoms with Gasteiger partial charge in [-0.15, -0.1) is 0 Å². The van der Waals surface area contributed by atoms with Crippen LogP contribution in [0.4, 0.5) is 0 Å². The fourth-order valence-corrected chi connectivity index (χ4v) is 11.0. The van der Waals surface area contributed by atoms with Crippen molar-refractivity contribution < 1.29 is 67.1 Å². The molecule has 1 saturated carbocycles. The molecule has 310 valence electrons. The SMILES string of the molecule is COC1CC(OC2C(O)CC(OC3C(C)OC(OC4CCC5(C)C(=CCC6C(=O)OC7COC8(C)OC=C(CCC65)C78)C4)CC3OC)OC2C)OC(C)C1O. The summed E-state index contributed by atoms with van der Waals surface area (Å²) in [5, 5.41) is 21.5. The predicted molar refractivity (Wildman–Crippen MR) is 193 cm³/mol. The lowest BCUT2D eigenvalue weighted by Gasteiger charge is -2.50. The molecular weight excluding hydrogens is 716 g/mol. The summed E-state index contributed by atoms with van der Waals surface area (Å²) in [6, 6.07) is 0. The zero-order valence-electron chi connectivity index (χ0n) is 33.3. The fraction of sp³-hybridized carbons (Fsp3) is 0.878. The average Bonchev–Trinajstić information content (AvgIpc) is 3.66. The standard InChI is InChI=1S/C41H62O14/c1-20-36(43)29(45-6)16-34(49-20)54-37-21(2)50-32(15-28(37)42)55-38-22(3)51-33(17-30(38)46-7)52-25-12-13-40(4)24(14-25)9-10-26-27(40)11-8-23-18-47-41(5)35(23)31(19-48-41)53-39(26)44/h9,18,20-22,25-38,42-43H,8,10-17,19H2,1-7H3. The molecule has 6 heterocycles. The van der Waals surface area contributed by atoms with Crippen molar-refractivity contribution in [3.63, 3.8) is 0 Å². The monoisotopic (exact) mass is 778 g/mol. The van der Waals surface area contributed by atoms with Gasteiger partial charge in [0.2, 0.25) is 5.79 Å². The van der Waals surface area contributed by atoms with Gasteiger partial charge in [-0.05, 0) is 76.2 Å². The highest BCUT2D eigenvalue weighted by molar-refractivity contribution is 5.74. The quantitative estimate of drug-likeness (QED) is 0.269. The molecule has 0 spiro atoms.